The average Bonchev–Trinajstić information content (AvgIpc) is 2.37. The number of imidazole rings is 1. The molecule has 1 rings (SSSR count). The van der Waals surface area contributed by atoms with Crippen molar-refractivity contribution in [2.75, 3.05) is 0 Å². The maximum atomic E-state index is 10.1. The number of aliphatic hydroxyl groups is 1. The summed E-state index contributed by atoms with van der Waals surface area (Å²) in [5.41, 5.74) is 0. The standard InChI is InChI=1S/C7H10N2O2/c1-9-3-2-8-7(9)4-6(11)5-10/h2-3,5-6,11H,4H2,1H3. The maximum Gasteiger partial charge on any atom is 0.148 e. The molecule has 1 aromatic heterocycles. The minimum Gasteiger partial charge on any atom is -0.385 e. The molecule has 0 aromatic carbocycles. The maximum absolute atomic E-state index is 10.1. The molecule has 0 spiro atoms. The molecule has 60 valence electrons. The third-order valence-electron chi connectivity index (χ3n) is 1.47. The van der Waals surface area contributed by atoms with E-state index in [1.165, 1.54) is 0 Å². The van der Waals surface area contributed by atoms with E-state index in [1.807, 2.05) is 7.05 Å². The molecule has 0 radical (unpaired) electrons. The molecule has 0 saturated carbocycles. The predicted octanol–water partition coefficient (Wildman–Crippen LogP) is -0.478. The minimum absolute atomic E-state index is 0.285. The van der Waals surface area contributed by atoms with Gasteiger partial charge in [-0.25, -0.2) is 4.98 Å². The van der Waals surface area contributed by atoms with Gasteiger partial charge in [0.25, 0.3) is 0 Å². The van der Waals surface area contributed by atoms with Crippen molar-refractivity contribution in [1.82, 2.24) is 9.55 Å². The van der Waals surface area contributed by atoms with Gasteiger partial charge in [0.2, 0.25) is 0 Å². The topological polar surface area (TPSA) is 55.1 Å². The molecule has 1 heterocycles. The van der Waals surface area contributed by atoms with Gasteiger partial charge < -0.3 is 14.5 Å². The Morgan fingerprint density at radius 1 is 1.91 bits per heavy atom. The van der Waals surface area contributed by atoms with E-state index in [2.05, 4.69) is 4.98 Å². The Hall–Kier alpha value is -1.16. The summed E-state index contributed by atoms with van der Waals surface area (Å²) in [5.74, 6) is 0.713. The molecule has 0 aliphatic carbocycles. The zero-order valence-electron chi connectivity index (χ0n) is 6.27. The first kappa shape index (κ1) is 7.94. The molecule has 0 amide bonds. The van der Waals surface area contributed by atoms with Crippen LogP contribution in [0.15, 0.2) is 12.4 Å². The lowest BCUT2D eigenvalue weighted by Gasteiger charge is -2.01. The molecule has 0 aliphatic rings. The fourth-order valence-corrected chi connectivity index (χ4v) is 0.828. The van der Waals surface area contributed by atoms with Crippen molar-refractivity contribution in [3.05, 3.63) is 18.2 Å². The third kappa shape index (κ3) is 1.88. The van der Waals surface area contributed by atoms with E-state index < -0.39 is 6.10 Å². The van der Waals surface area contributed by atoms with Crippen LogP contribution in [0, 0.1) is 0 Å². The van der Waals surface area contributed by atoms with Crippen molar-refractivity contribution in [3.63, 3.8) is 0 Å². The summed E-state index contributed by atoms with van der Waals surface area (Å²) in [7, 11) is 1.82. The molecule has 1 atom stereocenters. The first-order chi connectivity index (χ1) is 5.24. The average molecular weight is 154 g/mol. The van der Waals surface area contributed by atoms with Crippen LogP contribution in [0.3, 0.4) is 0 Å². The Bertz CT molecular complexity index is 244. The van der Waals surface area contributed by atoms with Crippen LogP contribution in [-0.4, -0.2) is 27.0 Å². The normalized spacial score (nSPS) is 12.9. The lowest BCUT2D eigenvalue weighted by molar-refractivity contribution is -0.114. The van der Waals surface area contributed by atoms with Crippen molar-refractivity contribution in [2.45, 2.75) is 12.5 Å². The third-order valence-corrected chi connectivity index (χ3v) is 1.47. The number of carbonyl (C=O) groups is 1. The van der Waals surface area contributed by atoms with E-state index in [4.69, 9.17) is 5.11 Å². The van der Waals surface area contributed by atoms with Crippen molar-refractivity contribution in [1.29, 1.82) is 0 Å². The summed E-state index contributed by atoms with van der Waals surface area (Å²) >= 11 is 0. The fraction of sp³-hybridized carbons (Fsp3) is 0.429. The van der Waals surface area contributed by atoms with Gasteiger partial charge in [0, 0.05) is 25.9 Å². The van der Waals surface area contributed by atoms with E-state index in [0.717, 1.165) is 0 Å². The Morgan fingerprint density at radius 2 is 2.64 bits per heavy atom. The zero-order chi connectivity index (χ0) is 8.27. The Balaban J connectivity index is 2.63. The lowest BCUT2D eigenvalue weighted by Crippen LogP contribution is -2.14. The van der Waals surface area contributed by atoms with E-state index in [1.54, 1.807) is 17.0 Å². The Kier molecular flexibility index (Phi) is 2.38. The monoisotopic (exact) mass is 154 g/mol. The molecule has 0 fully saturated rings. The molecular weight excluding hydrogens is 144 g/mol. The van der Waals surface area contributed by atoms with Gasteiger partial charge in [0.1, 0.15) is 18.2 Å². The van der Waals surface area contributed by atoms with Gasteiger partial charge in [-0.3, -0.25) is 0 Å². The van der Waals surface area contributed by atoms with Gasteiger partial charge in [0.05, 0.1) is 0 Å². The molecule has 4 nitrogen and oxygen atoms in total. The first-order valence-corrected chi connectivity index (χ1v) is 3.33. The van der Waals surface area contributed by atoms with Gasteiger partial charge >= 0.3 is 0 Å². The predicted molar refractivity (Wildman–Crippen MR) is 39.0 cm³/mol. The van der Waals surface area contributed by atoms with Crippen LogP contribution in [0.5, 0.6) is 0 Å². The number of aldehydes is 1. The van der Waals surface area contributed by atoms with E-state index in [9.17, 15) is 4.79 Å². The summed E-state index contributed by atoms with van der Waals surface area (Å²) in [6.45, 7) is 0. The van der Waals surface area contributed by atoms with Crippen molar-refractivity contribution < 1.29 is 9.90 Å². The molecule has 1 unspecified atom stereocenters. The number of aromatic nitrogens is 2. The van der Waals surface area contributed by atoms with Crippen molar-refractivity contribution in [3.8, 4) is 0 Å². The van der Waals surface area contributed by atoms with Crippen LogP contribution in [0.1, 0.15) is 5.82 Å². The highest BCUT2D eigenvalue weighted by atomic mass is 16.3. The Labute approximate surface area is 64.5 Å². The summed E-state index contributed by atoms with van der Waals surface area (Å²) in [6, 6.07) is 0. The van der Waals surface area contributed by atoms with Gasteiger partial charge in [-0.15, -0.1) is 0 Å². The smallest absolute Gasteiger partial charge is 0.148 e. The number of aliphatic hydroxyl groups excluding tert-OH is 1. The molecule has 1 N–H and O–H groups in total. The minimum atomic E-state index is -0.934. The van der Waals surface area contributed by atoms with Crippen LogP contribution < -0.4 is 0 Å². The molecule has 0 bridgehead atoms. The summed E-state index contributed by atoms with van der Waals surface area (Å²) in [5, 5.41) is 8.93. The van der Waals surface area contributed by atoms with E-state index >= 15 is 0 Å². The fourth-order valence-electron chi connectivity index (χ4n) is 0.828. The number of hydrogen-bond acceptors (Lipinski definition) is 3. The molecular formula is C7H10N2O2. The summed E-state index contributed by atoms with van der Waals surface area (Å²) in [4.78, 5) is 14.0. The summed E-state index contributed by atoms with van der Waals surface area (Å²) in [6.07, 6.45) is 3.26. The van der Waals surface area contributed by atoms with Crippen LogP contribution in [0.25, 0.3) is 0 Å². The van der Waals surface area contributed by atoms with Gasteiger partial charge in [-0.05, 0) is 0 Å². The highest BCUT2D eigenvalue weighted by molar-refractivity contribution is 5.55. The molecule has 0 saturated heterocycles. The number of aryl methyl sites for hydroxylation is 1. The van der Waals surface area contributed by atoms with E-state index in [-0.39, 0.29) is 6.42 Å². The Morgan fingerprint density at radius 3 is 3.09 bits per heavy atom. The zero-order valence-corrected chi connectivity index (χ0v) is 6.27. The van der Waals surface area contributed by atoms with Crippen molar-refractivity contribution in [2.24, 2.45) is 7.05 Å². The van der Waals surface area contributed by atoms with Crippen molar-refractivity contribution >= 4 is 6.29 Å². The van der Waals surface area contributed by atoms with Gasteiger partial charge in [-0.1, -0.05) is 0 Å². The molecule has 11 heavy (non-hydrogen) atoms. The lowest BCUT2D eigenvalue weighted by atomic mass is 10.3. The molecule has 1 aromatic rings. The number of nitrogens with zero attached hydrogens (tertiary/aromatic N) is 2. The highest BCUT2D eigenvalue weighted by Crippen LogP contribution is 1.97. The van der Waals surface area contributed by atoms with Crippen LogP contribution in [0.2, 0.25) is 0 Å². The number of carbonyl (C=O) groups excluding carboxylic acids is 1. The second kappa shape index (κ2) is 3.30. The van der Waals surface area contributed by atoms with Crippen LogP contribution >= 0.6 is 0 Å². The number of rotatable bonds is 3. The highest BCUT2D eigenvalue weighted by Gasteiger charge is 2.06. The quantitative estimate of drug-likeness (QED) is 0.598. The molecule has 0 aliphatic heterocycles. The van der Waals surface area contributed by atoms with E-state index in [0.29, 0.717) is 12.1 Å². The van der Waals surface area contributed by atoms with Gasteiger partial charge in [-0.2, -0.15) is 0 Å². The van der Waals surface area contributed by atoms with Gasteiger partial charge in [0.15, 0.2) is 0 Å². The largest absolute Gasteiger partial charge is 0.385 e. The number of hydrogen-bond donors (Lipinski definition) is 1. The second-order valence-corrected chi connectivity index (χ2v) is 2.36. The first-order valence-electron chi connectivity index (χ1n) is 3.33. The molecule has 4 heteroatoms. The second-order valence-electron chi connectivity index (χ2n) is 2.36. The van der Waals surface area contributed by atoms with Crippen LogP contribution in [-0.2, 0) is 18.3 Å². The summed E-state index contributed by atoms with van der Waals surface area (Å²) < 4.78 is 1.77. The SMILES string of the molecule is Cn1ccnc1CC(O)C=O. The van der Waals surface area contributed by atoms with Crippen LogP contribution in [0.4, 0.5) is 0 Å².